The van der Waals surface area contributed by atoms with Gasteiger partial charge in [0.1, 0.15) is 6.04 Å². The van der Waals surface area contributed by atoms with Crippen LogP contribution in [0, 0.1) is 16.0 Å². The molecule has 1 aromatic carbocycles. The number of nitrogens with two attached hydrogens (primary N) is 1. The van der Waals surface area contributed by atoms with E-state index in [1.54, 1.807) is 0 Å². The molecule has 0 saturated carbocycles. The molecule has 0 amide bonds. The number of nitrogens with zero attached hydrogens (tertiary/aromatic N) is 1. The first-order valence-corrected chi connectivity index (χ1v) is 7.26. The van der Waals surface area contributed by atoms with Crippen LogP contribution in [0.4, 0.5) is 5.69 Å². The quantitative estimate of drug-likeness (QED) is 0.572. The van der Waals surface area contributed by atoms with Crippen molar-refractivity contribution in [3.63, 3.8) is 0 Å². The summed E-state index contributed by atoms with van der Waals surface area (Å²) in [5.74, 6) is -2.51. The van der Waals surface area contributed by atoms with Crippen LogP contribution < -0.4 is 5.73 Å². The van der Waals surface area contributed by atoms with E-state index in [1.165, 1.54) is 6.92 Å². The number of sulfone groups is 1. The minimum absolute atomic E-state index is 0.104. The standard InChI is InChI=1S/C11H14N2O6S/c1-7(10(12)11(14)15)6-20(18,19)9-4-2-8(3-5-9)13(16)17/h2-5,7,10H,6,12H2,1H3,(H,14,15)/t7?,10-/m1/s1. The van der Waals surface area contributed by atoms with E-state index < -0.39 is 38.4 Å². The van der Waals surface area contributed by atoms with Crippen LogP contribution in [0.15, 0.2) is 29.2 Å². The maximum Gasteiger partial charge on any atom is 0.320 e. The Morgan fingerprint density at radius 2 is 1.90 bits per heavy atom. The van der Waals surface area contributed by atoms with E-state index in [4.69, 9.17) is 10.8 Å². The highest BCUT2D eigenvalue weighted by molar-refractivity contribution is 7.91. The number of nitro benzene ring substituents is 1. The number of carboxylic acid groups (broad SMARTS) is 1. The van der Waals surface area contributed by atoms with E-state index >= 15 is 0 Å². The van der Waals surface area contributed by atoms with Gasteiger partial charge in [0.25, 0.3) is 5.69 Å². The van der Waals surface area contributed by atoms with Gasteiger partial charge in [0, 0.05) is 12.1 Å². The van der Waals surface area contributed by atoms with Crippen LogP contribution >= 0.6 is 0 Å². The predicted molar refractivity (Wildman–Crippen MR) is 69.9 cm³/mol. The summed E-state index contributed by atoms with van der Waals surface area (Å²) < 4.78 is 24.1. The van der Waals surface area contributed by atoms with Crippen LogP contribution in [0.1, 0.15) is 6.92 Å². The molecule has 1 unspecified atom stereocenters. The number of hydrogen-bond donors (Lipinski definition) is 2. The highest BCUT2D eigenvalue weighted by Crippen LogP contribution is 2.19. The fourth-order valence-corrected chi connectivity index (χ4v) is 3.21. The number of aliphatic carboxylic acids is 1. The molecule has 0 fully saturated rings. The first-order chi connectivity index (χ1) is 9.15. The summed E-state index contributed by atoms with van der Waals surface area (Å²) >= 11 is 0. The molecule has 0 aromatic heterocycles. The topological polar surface area (TPSA) is 141 Å². The zero-order chi connectivity index (χ0) is 15.5. The Morgan fingerprint density at radius 3 is 2.30 bits per heavy atom. The molecule has 0 heterocycles. The van der Waals surface area contributed by atoms with Crippen LogP contribution in [0.3, 0.4) is 0 Å². The molecule has 2 atom stereocenters. The average molecular weight is 302 g/mol. The lowest BCUT2D eigenvalue weighted by Gasteiger charge is -2.15. The van der Waals surface area contributed by atoms with Crippen molar-refractivity contribution in [1.82, 2.24) is 0 Å². The molecule has 20 heavy (non-hydrogen) atoms. The summed E-state index contributed by atoms with van der Waals surface area (Å²) in [7, 11) is -3.75. The van der Waals surface area contributed by atoms with Gasteiger partial charge in [-0.25, -0.2) is 8.42 Å². The first-order valence-electron chi connectivity index (χ1n) is 5.60. The minimum atomic E-state index is -3.75. The van der Waals surface area contributed by atoms with Crippen LogP contribution in [-0.4, -0.2) is 36.2 Å². The molecule has 110 valence electrons. The van der Waals surface area contributed by atoms with E-state index in [1.807, 2.05) is 0 Å². The molecule has 3 N–H and O–H groups in total. The Balaban J connectivity index is 2.94. The highest BCUT2D eigenvalue weighted by Gasteiger charge is 2.26. The van der Waals surface area contributed by atoms with Gasteiger partial charge in [0.15, 0.2) is 9.84 Å². The second-order valence-corrected chi connectivity index (χ2v) is 6.41. The monoisotopic (exact) mass is 302 g/mol. The van der Waals surface area contributed by atoms with Gasteiger partial charge < -0.3 is 10.8 Å². The summed E-state index contributed by atoms with van der Waals surface area (Å²) in [5, 5.41) is 19.2. The Hall–Kier alpha value is -2.00. The normalized spacial score (nSPS) is 14.5. The molecule has 1 aromatic rings. The highest BCUT2D eigenvalue weighted by atomic mass is 32.2. The van der Waals surface area contributed by atoms with Crippen molar-refractivity contribution >= 4 is 21.5 Å². The maximum atomic E-state index is 12.0. The van der Waals surface area contributed by atoms with Gasteiger partial charge in [-0.3, -0.25) is 14.9 Å². The molecule has 8 nitrogen and oxygen atoms in total. The number of nitro groups is 1. The van der Waals surface area contributed by atoms with Crippen molar-refractivity contribution in [1.29, 1.82) is 0 Å². The predicted octanol–water partition coefficient (Wildman–Crippen LogP) is 0.416. The molecule has 1 rings (SSSR count). The minimum Gasteiger partial charge on any atom is -0.480 e. The number of benzene rings is 1. The van der Waals surface area contributed by atoms with Gasteiger partial charge in [-0.05, 0) is 18.1 Å². The van der Waals surface area contributed by atoms with E-state index in [9.17, 15) is 23.3 Å². The third-order valence-corrected chi connectivity index (χ3v) is 4.74. The fourth-order valence-electron chi connectivity index (χ4n) is 1.56. The first kappa shape index (κ1) is 16.1. The fraction of sp³-hybridized carbons (Fsp3) is 0.364. The van der Waals surface area contributed by atoms with Gasteiger partial charge in [-0.1, -0.05) is 6.92 Å². The number of non-ortho nitro benzene ring substituents is 1. The SMILES string of the molecule is CC(CS(=O)(=O)c1ccc([N+](=O)[O-])cc1)[C@@H](N)C(=O)O. The summed E-state index contributed by atoms with van der Waals surface area (Å²) in [5.41, 5.74) is 5.13. The zero-order valence-electron chi connectivity index (χ0n) is 10.6. The van der Waals surface area contributed by atoms with Crippen LogP contribution in [-0.2, 0) is 14.6 Å². The number of carbonyl (C=O) groups is 1. The molecule has 9 heteroatoms. The van der Waals surface area contributed by atoms with Crippen molar-refractivity contribution in [2.75, 3.05) is 5.75 Å². The number of carboxylic acids is 1. The summed E-state index contributed by atoms with van der Waals surface area (Å²) in [6, 6.07) is 3.10. The Kier molecular flexibility index (Phi) is 4.79. The van der Waals surface area contributed by atoms with E-state index in [0.717, 1.165) is 24.3 Å². The molecular formula is C11H14N2O6S. The van der Waals surface area contributed by atoms with Crippen LogP contribution in [0.25, 0.3) is 0 Å². The van der Waals surface area contributed by atoms with Gasteiger partial charge in [0.05, 0.1) is 15.6 Å². The molecule has 0 aliphatic heterocycles. The summed E-state index contributed by atoms with van der Waals surface area (Å²) in [4.78, 5) is 20.4. The largest absolute Gasteiger partial charge is 0.480 e. The molecule has 0 bridgehead atoms. The van der Waals surface area contributed by atoms with Gasteiger partial charge in [0.2, 0.25) is 0 Å². The lowest BCUT2D eigenvalue weighted by Crippen LogP contribution is -2.39. The second-order valence-electron chi connectivity index (χ2n) is 4.37. The van der Waals surface area contributed by atoms with Gasteiger partial charge in [-0.15, -0.1) is 0 Å². The molecule has 0 saturated heterocycles. The molecule has 0 aliphatic rings. The lowest BCUT2D eigenvalue weighted by atomic mass is 10.1. The number of hydrogen-bond acceptors (Lipinski definition) is 6. The van der Waals surface area contributed by atoms with Crippen molar-refractivity contribution in [3.05, 3.63) is 34.4 Å². The Labute approximate surface area is 115 Å². The molecule has 0 radical (unpaired) electrons. The van der Waals surface area contributed by atoms with Gasteiger partial charge in [-0.2, -0.15) is 0 Å². The van der Waals surface area contributed by atoms with E-state index in [2.05, 4.69) is 0 Å². The molecule has 0 aliphatic carbocycles. The van der Waals surface area contributed by atoms with Crippen molar-refractivity contribution in [2.45, 2.75) is 17.9 Å². The smallest absolute Gasteiger partial charge is 0.320 e. The third-order valence-electron chi connectivity index (χ3n) is 2.79. The molecule has 0 spiro atoms. The van der Waals surface area contributed by atoms with Crippen LogP contribution in [0.5, 0.6) is 0 Å². The van der Waals surface area contributed by atoms with Gasteiger partial charge >= 0.3 is 5.97 Å². The summed E-state index contributed by atoms with van der Waals surface area (Å²) in [6.07, 6.45) is 0. The summed E-state index contributed by atoms with van der Waals surface area (Å²) in [6.45, 7) is 1.42. The third kappa shape index (κ3) is 3.75. The Bertz CT molecular complexity index is 610. The second kappa shape index (κ2) is 5.97. The Morgan fingerprint density at radius 1 is 1.40 bits per heavy atom. The van der Waals surface area contributed by atoms with E-state index in [0.29, 0.717) is 0 Å². The molecular weight excluding hydrogens is 288 g/mol. The lowest BCUT2D eigenvalue weighted by molar-refractivity contribution is -0.384. The van der Waals surface area contributed by atoms with Crippen molar-refractivity contribution < 1.29 is 23.2 Å². The zero-order valence-corrected chi connectivity index (χ0v) is 11.4. The van der Waals surface area contributed by atoms with Crippen LogP contribution in [0.2, 0.25) is 0 Å². The van der Waals surface area contributed by atoms with E-state index in [-0.39, 0.29) is 10.6 Å². The maximum absolute atomic E-state index is 12.0. The average Bonchev–Trinajstić information content (AvgIpc) is 2.37. The van der Waals surface area contributed by atoms with Crippen molar-refractivity contribution in [2.24, 2.45) is 11.7 Å². The van der Waals surface area contributed by atoms with Crippen molar-refractivity contribution in [3.8, 4) is 0 Å². The number of rotatable bonds is 6.